The second-order valence-electron chi connectivity index (χ2n) is 5.25. The fourth-order valence-electron chi connectivity index (χ4n) is 2.42. The Labute approximate surface area is 109 Å². The maximum atomic E-state index is 12.3. The van der Waals surface area contributed by atoms with Gasteiger partial charge < -0.3 is 15.5 Å². The van der Waals surface area contributed by atoms with Crippen LogP contribution >= 0.6 is 0 Å². The summed E-state index contributed by atoms with van der Waals surface area (Å²) in [6.07, 6.45) is 3.35. The topological polar surface area (TPSA) is 66.6 Å². The number of rotatable bonds is 5. The molecule has 0 radical (unpaired) electrons. The van der Waals surface area contributed by atoms with Crippen LogP contribution in [0.3, 0.4) is 0 Å². The maximum Gasteiger partial charge on any atom is 0.244 e. The Hall–Kier alpha value is -1.10. The quantitative estimate of drug-likeness (QED) is 0.775. The van der Waals surface area contributed by atoms with Gasteiger partial charge in [0.1, 0.15) is 6.04 Å². The molecule has 0 aliphatic carbocycles. The van der Waals surface area contributed by atoms with Gasteiger partial charge in [-0.3, -0.25) is 9.59 Å². The van der Waals surface area contributed by atoms with Crippen LogP contribution in [0.1, 0.15) is 32.6 Å². The van der Waals surface area contributed by atoms with Gasteiger partial charge in [0.25, 0.3) is 0 Å². The molecule has 1 saturated heterocycles. The lowest BCUT2D eigenvalue weighted by molar-refractivity contribution is -0.144. The molecule has 2 N–H and O–H groups in total. The molecule has 0 saturated carbocycles. The summed E-state index contributed by atoms with van der Waals surface area (Å²) in [5.74, 6) is 0.0946. The summed E-state index contributed by atoms with van der Waals surface area (Å²) in [6, 6.07) is -0.257. The van der Waals surface area contributed by atoms with Gasteiger partial charge in [0.05, 0.1) is 0 Å². The molecule has 1 aliphatic rings. The van der Waals surface area contributed by atoms with E-state index in [0.717, 1.165) is 25.7 Å². The summed E-state index contributed by atoms with van der Waals surface area (Å²) in [5, 5.41) is 0. The van der Waals surface area contributed by atoms with Gasteiger partial charge >= 0.3 is 0 Å². The predicted molar refractivity (Wildman–Crippen MR) is 70.9 cm³/mol. The first kappa shape index (κ1) is 15.0. The largest absolute Gasteiger partial charge is 0.347 e. The number of likely N-dealkylation sites (tertiary alicyclic amines) is 1. The maximum absolute atomic E-state index is 12.3. The number of carbonyl (C=O) groups excluding carboxylic acids is 2. The zero-order valence-corrected chi connectivity index (χ0v) is 11.7. The van der Waals surface area contributed by atoms with Crippen LogP contribution < -0.4 is 5.73 Å². The van der Waals surface area contributed by atoms with Gasteiger partial charge in [0, 0.05) is 26.6 Å². The highest BCUT2D eigenvalue weighted by Crippen LogP contribution is 2.22. The van der Waals surface area contributed by atoms with Crippen molar-refractivity contribution in [1.29, 1.82) is 0 Å². The second kappa shape index (κ2) is 6.73. The number of carbonyl (C=O) groups is 2. The standard InChI is InChI=1S/C13H25N3O2/c1-10(6-4-8-14)12(17)16-9-5-7-11(16)13(18)15(2)3/h10-11H,4-9,14H2,1-3H3. The Kier molecular flexibility index (Phi) is 5.59. The zero-order chi connectivity index (χ0) is 13.7. The molecule has 1 aliphatic heterocycles. The molecule has 0 aromatic rings. The normalized spacial score (nSPS) is 20.9. The van der Waals surface area contributed by atoms with E-state index >= 15 is 0 Å². The van der Waals surface area contributed by atoms with Crippen molar-refractivity contribution in [1.82, 2.24) is 9.80 Å². The molecule has 0 bridgehead atoms. The van der Waals surface area contributed by atoms with Gasteiger partial charge in [0.15, 0.2) is 0 Å². The van der Waals surface area contributed by atoms with Crippen molar-refractivity contribution in [2.45, 2.75) is 38.6 Å². The number of nitrogens with zero attached hydrogens (tertiary/aromatic N) is 2. The smallest absolute Gasteiger partial charge is 0.244 e. The second-order valence-corrected chi connectivity index (χ2v) is 5.25. The van der Waals surface area contributed by atoms with Gasteiger partial charge in [-0.25, -0.2) is 0 Å². The third kappa shape index (κ3) is 3.45. The summed E-state index contributed by atoms with van der Waals surface area (Å²) in [5.41, 5.74) is 5.46. The zero-order valence-electron chi connectivity index (χ0n) is 11.7. The monoisotopic (exact) mass is 255 g/mol. The molecular formula is C13H25N3O2. The molecule has 5 heteroatoms. The summed E-state index contributed by atoms with van der Waals surface area (Å²) in [6.45, 7) is 3.24. The minimum Gasteiger partial charge on any atom is -0.347 e. The van der Waals surface area contributed by atoms with Gasteiger partial charge in [0.2, 0.25) is 11.8 Å². The van der Waals surface area contributed by atoms with Crippen molar-refractivity contribution in [3.8, 4) is 0 Å². The lowest BCUT2D eigenvalue weighted by Crippen LogP contribution is -2.47. The van der Waals surface area contributed by atoms with E-state index in [0.29, 0.717) is 13.1 Å². The first-order valence-corrected chi connectivity index (χ1v) is 6.70. The van der Waals surface area contributed by atoms with Crippen LogP contribution in [0.4, 0.5) is 0 Å². The molecule has 104 valence electrons. The first-order valence-electron chi connectivity index (χ1n) is 6.70. The summed E-state index contributed by atoms with van der Waals surface area (Å²) < 4.78 is 0. The number of nitrogens with two attached hydrogens (primary N) is 1. The number of hydrogen-bond acceptors (Lipinski definition) is 3. The Morgan fingerprint density at radius 2 is 2.11 bits per heavy atom. The van der Waals surface area contributed by atoms with E-state index in [9.17, 15) is 9.59 Å². The summed E-state index contributed by atoms with van der Waals surface area (Å²) in [7, 11) is 3.47. The molecule has 2 unspecified atom stereocenters. The predicted octanol–water partition coefficient (Wildman–Crippen LogP) is 0.441. The van der Waals surface area contributed by atoms with Crippen molar-refractivity contribution in [3.63, 3.8) is 0 Å². The fourth-order valence-corrected chi connectivity index (χ4v) is 2.42. The molecule has 0 aromatic carbocycles. The molecule has 1 fully saturated rings. The molecule has 1 rings (SSSR count). The van der Waals surface area contributed by atoms with E-state index in [-0.39, 0.29) is 23.8 Å². The van der Waals surface area contributed by atoms with Gasteiger partial charge in [-0.15, -0.1) is 0 Å². The van der Waals surface area contributed by atoms with E-state index in [1.807, 2.05) is 6.92 Å². The molecule has 2 atom stereocenters. The Balaban J connectivity index is 2.63. The van der Waals surface area contributed by atoms with Crippen LogP contribution in [0.2, 0.25) is 0 Å². The minimum absolute atomic E-state index is 0.0341. The van der Waals surface area contributed by atoms with Crippen molar-refractivity contribution in [3.05, 3.63) is 0 Å². The number of likely N-dealkylation sites (N-methyl/N-ethyl adjacent to an activating group) is 1. The SMILES string of the molecule is CC(CCCN)C(=O)N1CCCC1C(=O)N(C)C. The van der Waals surface area contributed by atoms with E-state index < -0.39 is 0 Å². The van der Waals surface area contributed by atoms with E-state index in [1.54, 1.807) is 23.9 Å². The van der Waals surface area contributed by atoms with Crippen molar-refractivity contribution in [2.24, 2.45) is 11.7 Å². The molecule has 5 nitrogen and oxygen atoms in total. The summed E-state index contributed by atoms with van der Waals surface area (Å²) in [4.78, 5) is 27.6. The number of amides is 2. The van der Waals surface area contributed by atoms with Crippen LogP contribution in [0, 0.1) is 5.92 Å². The molecule has 2 amide bonds. The van der Waals surface area contributed by atoms with Crippen LogP contribution in [0.15, 0.2) is 0 Å². The van der Waals surface area contributed by atoms with Crippen LogP contribution in [0.25, 0.3) is 0 Å². The molecule has 0 spiro atoms. The minimum atomic E-state index is -0.257. The molecule has 1 heterocycles. The van der Waals surface area contributed by atoms with Gasteiger partial charge in [-0.1, -0.05) is 6.92 Å². The highest BCUT2D eigenvalue weighted by molar-refractivity contribution is 5.88. The van der Waals surface area contributed by atoms with E-state index in [2.05, 4.69) is 0 Å². The van der Waals surface area contributed by atoms with E-state index in [1.165, 1.54) is 0 Å². The molecule has 18 heavy (non-hydrogen) atoms. The lowest BCUT2D eigenvalue weighted by atomic mass is 10.0. The average molecular weight is 255 g/mol. The Morgan fingerprint density at radius 3 is 2.67 bits per heavy atom. The Bertz CT molecular complexity index is 305. The fraction of sp³-hybridized carbons (Fsp3) is 0.846. The first-order chi connectivity index (χ1) is 8.49. The van der Waals surface area contributed by atoms with Crippen molar-refractivity contribution < 1.29 is 9.59 Å². The van der Waals surface area contributed by atoms with Gasteiger partial charge in [-0.05, 0) is 32.2 Å². The van der Waals surface area contributed by atoms with Crippen LogP contribution in [-0.4, -0.2) is 54.8 Å². The third-order valence-electron chi connectivity index (χ3n) is 3.52. The van der Waals surface area contributed by atoms with Crippen molar-refractivity contribution in [2.75, 3.05) is 27.2 Å². The third-order valence-corrected chi connectivity index (χ3v) is 3.52. The van der Waals surface area contributed by atoms with E-state index in [4.69, 9.17) is 5.73 Å². The Morgan fingerprint density at radius 1 is 1.44 bits per heavy atom. The molecule has 0 aromatic heterocycles. The van der Waals surface area contributed by atoms with Crippen LogP contribution in [-0.2, 0) is 9.59 Å². The lowest BCUT2D eigenvalue weighted by Gasteiger charge is -2.28. The summed E-state index contributed by atoms with van der Waals surface area (Å²) >= 11 is 0. The highest BCUT2D eigenvalue weighted by atomic mass is 16.2. The average Bonchev–Trinajstić information content (AvgIpc) is 2.82. The number of hydrogen-bond donors (Lipinski definition) is 1. The van der Waals surface area contributed by atoms with Crippen molar-refractivity contribution >= 4 is 11.8 Å². The highest BCUT2D eigenvalue weighted by Gasteiger charge is 2.36. The van der Waals surface area contributed by atoms with Gasteiger partial charge in [-0.2, -0.15) is 0 Å². The van der Waals surface area contributed by atoms with Crippen LogP contribution in [0.5, 0.6) is 0 Å². The molecular weight excluding hydrogens is 230 g/mol.